The topological polar surface area (TPSA) is 105 Å². The Morgan fingerprint density at radius 2 is 1.53 bits per heavy atom. The number of carbonyl (C=O) groups excluding carboxylic acids is 2. The monoisotopic (exact) mass is 607 g/mol. The molecule has 0 bridgehead atoms. The van der Waals surface area contributed by atoms with Crippen LogP contribution in [-0.2, 0) is 26.0 Å². The first-order valence-corrected chi connectivity index (χ1v) is 16.2. The lowest BCUT2D eigenvalue weighted by Crippen LogP contribution is -2.54. The van der Waals surface area contributed by atoms with Gasteiger partial charge in [0.25, 0.3) is 10.0 Å². The predicted molar refractivity (Wildman–Crippen MR) is 167 cm³/mol. The van der Waals surface area contributed by atoms with Crippen LogP contribution >= 0.6 is 0 Å². The van der Waals surface area contributed by atoms with E-state index in [0.717, 1.165) is 35.6 Å². The van der Waals surface area contributed by atoms with Gasteiger partial charge in [-0.3, -0.25) is 13.9 Å². The number of nitrogens with one attached hydrogen (secondary N) is 1. The van der Waals surface area contributed by atoms with Crippen molar-refractivity contribution in [2.45, 2.75) is 62.4 Å². The summed E-state index contributed by atoms with van der Waals surface area (Å²) in [6.07, 6.45) is 4.87. The number of hydrogen-bond acceptors (Lipinski definition) is 6. The Morgan fingerprint density at radius 3 is 2.14 bits per heavy atom. The van der Waals surface area contributed by atoms with Gasteiger partial charge in [0.15, 0.2) is 11.5 Å². The minimum atomic E-state index is -4.18. The van der Waals surface area contributed by atoms with Crippen molar-refractivity contribution in [3.8, 4) is 11.5 Å². The molecule has 1 aliphatic carbocycles. The first-order chi connectivity index (χ1) is 20.8. The van der Waals surface area contributed by atoms with E-state index in [1.165, 1.54) is 37.3 Å². The van der Waals surface area contributed by atoms with Crippen molar-refractivity contribution < 1.29 is 27.5 Å². The maximum atomic E-state index is 14.2. The number of hydrogen-bond donors (Lipinski definition) is 1. The van der Waals surface area contributed by atoms with E-state index in [9.17, 15) is 18.0 Å². The summed E-state index contributed by atoms with van der Waals surface area (Å²) in [4.78, 5) is 29.4. The molecule has 4 rings (SSSR count). The molecule has 0 aromatic heterocycles. The highest BCUT2D eigenvalue weighted by Gasteiger charge is 2.34. The Kier molecular flexibility index (Phi) is 11.1. The van der Waals surface area contributed by atoms with Gasteiger partial charge in [-0.2, -0.15) is 0 Å². The first-order valence-electron chi connectivity index (χ1n) is 14.7. The van der Waals surface area contributed by atoms with Crippen molar-refractivity contribution in [2.75, 3.05) is 31.6 Å². The molecule has 1 fully saturated rings. The summed E-state index contributed by atoms with van der Waals surface area (Å²) in [6, 6.07) is 21.7. The Labute approximate surface area is 254 Å². The minimum Gasteiger partial charge on any atom is -0.493 e. The van der Waals surface area contributed by atoms with Gasteiger partial charge >= 0.3 is 0 Å². The van der Waals surface area contributed by atoms with Crippen molar-refractivity contribution in [3.63, 3.8) is 0 Å². The van der Waals surface area contributed by atoms with Crippen LogP contribution < -0.4 is 19.1 Å². The molecule has 1 atom stereocenters. The van der Waals surface area contributed by atoms with Crippen molar-refractivity contribution in [3.05, 3.63) is 84.4 Å². The summed E-state index contributed by atoms with van der Waals surface area (Å²) in [6.45, 7) is 1.62. The average Bonchev–Trinajstić information content (AvgIpc) is 3.55. The van der Waals surface area contributed by atoms with Crippen molar-refractivity contribution in [1.82, 2.24) is 10.2 Å². The molecule has 0 aliphatic heterocycles. The molecule has 2 amide bonds. The number of sulfonamides is 1. The van der Waals surface area contributed by atoms with Crippen molar-refractivity contribution in [2.24, 2.45) is 0 Å². The van der Waals surface area contributed by atoms with Gasteiger partial charge in [-0.1, -0.05) is 68.3 Å². The third-order valence-electron chi connectivity index (χ3n) is 7.84. The summed E-state index contributed by atoms with van der Waals surface area (Å²) in [5.41, 5.74) is 1.25. The molecule has 1 N–H and O–H groups in total. The van der Waals surface area contributed by atoms with E-state index in [4.69, 9.17) is 9.47 Å². The highest BCUT2D eigenvalue weighted by Crippen LogP contribution is 2.34. The number of anilines is 1. The Morgan fingerprint density at radius 1 is 0.907 bits per heavy atom. The second kappa shape index (κ2) is 14.9. The number of carbonyl (C=O) groups is 2. The SMILES string of the molecule is CCC(C(=O)NC1CCCC1)N(CCc1ccccc1)C(=O)CN(c1ccc(OC)c(OC)c1)S(=O)(=O)c1ccccc1. The zero-order valence-corrected chi connectivity index (χ0v) is 25.9. The van der Waals surface area contributed by atoms with Crippen molar-refractivity contribution >= 4 is 27.5 Å². The first kappa shape index (κ1) is 31.9. The van der Waals surface area contributed by atoms with Gasteiger partial charge in [0.2, 0.25) is 11.8 Å². The van der Waals surface area contributed by atoms with Crippen LogP contribution in [0.5, 0.6) is 11.5 Å². The van der Waals surface area contributed by atoms with E-state index in [-0.39, 0.29) is 29.1 Å². The van der Waals surface area contributed by atoms with Gasteiger partial charge in [-0.25, -0.2) is 8.42 Å². The molecular weight excluding hydrogens is 566 g/mol. The largest absolute Gasteiger partial charge is 0.493 e. The molecule has 3 aromatic rings. The lowest BCUT2D eigenvalue weighted by molar-refractivity contribution is -0.139. The van der Waals surface area contributed by atoms with E-state index in [2.05, 4.69) is 5.32 Å². The maximum absolute atomic E-state index is 14.2. The van der Waals surface area contributed by atoms with Crippen LogP contribution in [0.2, 0.25) is 0 Å². The van der Waals surface area contributed by atoms with Crippen LogP contribution in [0.25, 0.3) is 0 Å². The van der Waals surface area contributed by atoms with Gasteiger partial charge in [0.05, 0.1) is 24.8 Å². The number of rotatable bonds is 14. The van der Waals surface area contributed by atoms with E-state index in [0.29, 0.717) is 24.3 Å². The Balaban J connectivity index is 1.70. The summed E-state index contributed by atoms with van der Waals surface area (Å²) < 4.78 is 39.9. The van der Waals surface area contributed by atoms with E-state index >= 15 is 0 Å². The third-order valence-corrected chi connectivity index (χ3v) is 9.62. The molecule has 43 heavy (non-hydrogen) atoms. The molecule has 0 radical (unpaired) electrons. The Bertz CT molecular complexity index is 1460. The zero-order chi connectivity index (χ0) is 30.8. The second-order valence-electron chi connectivity index (χ2n) is 10.6. The lowest BCUT2D eigenvalue weighted by atomic mass is 10.1. The number of methoxy groups -OCH3 is 2. The zero-order valence-electron chi connectivity index (χ0n) is 25.1. The highest BCUT2D eigenvalue weighted by molar-refractivity contribution is 7.92. The molecule has 0 spiro atoms. The molecule has 3 aromatic carbocycles. The summed E-state index contributed by atoms with van der Waals surface area (Å²) in [7, 11) is -1.22. The van der Waals surface area contributed by atoms with Crippen molar-refractivity contribution in [1.29, 1.82) is 0 Å². The molecule has 1 unspecified atom stereocenters. The number of nitrogens with zero attached hydrogens (tertiary/aromatic N) is 2. The normalized spacial score (nSPS) is 14.1. The predicted octanol–water partition coefficient (Wildman–Crippen LogP) is 4.81. The standard InChI is InChI=1S/C33H41N3O6S/c1-4-29(33(38)34-26-15-11-12-16-26)35(22-21-25-13-7-5-8-14-25)32(37)24-36(43(39,40)28-17-9-6-10-18-28)27-19-20-30(41-2)31(23-27)42-3/h5-10,13-14,17-20,23,26,29H,4,11-12,15-16,21-22,24H2,1-3H3,(H,34,38). The van der Waals surface area contributed by atoms with E-state index in [1.54, 1.807) is 30.3 Å². The number of ether oxygens (including phenoxy) is 2. The molecule has 9 nitrogen and oxygen atoms in total. The van der Waals surface area contributed by atoms with Gasteiger partial charge in [0, 0.05) is 18.7 Å². The van der Waals surface area contributed by atoms with Crippen LogP contribution in [0.15, 0.2) is 83.8 Å². The number of benzene rings is 3. The van der Waals surface area contributed by atoms with E-state index in [1.807, 2.05) is 37.3 Å². The average molecular weight is 608 g/mol. The summed E-state index contributed by atoms with van der Waals surface area (Å²) >= 11 is 0. The fraction of sp³-hybridized carbons (Fsp3) is 0.394. The van der Waals surface area contributed by atoms with Gasteiger partial charge in [0.1, 0.15) is 12.6 Å². The molecule has 230 valence electrons. The van der Waals surface area contributed by atoms with Crippen LogP contribution in [0.1, 0.15) is 44.6 Å². The highest BCUT2D eigenvalue weighted by atomic mass is 32.2. The second-order valence-corrected chi connectivity index (χ2v) is 12.5. The van der Waals surface area contributed by atoms with Gasteiger partial charge in [-0.05, 0) is 55.5 Å². The molecule has 1 saturated carbocycles. The number of amides is 2. The van der Waals surface area contributed by atoms with Gasteiger partial charge in [-0.15, -0.1) is 0 Å². The lowest BCUT2D eigenvalue weighted by Gasteiger charge is -2.34. The van der Waals surface area contributed by atoms with Crippen LogP contribution in [0, 0.1) is 0 Å². The fourth-order valence-corrected chi connectivity index (χ4v) is 6.92. The molecule has 0 heterocycles. The quantitative estimate of drug-likeness (QED) is 0.282. The van der Waals surface area contributed by atoms with Crippen LogP contribution in [0.4, 0.5) is 5.69 Å². The summed E-state index contributed by atoms with van der Waals surface area (Å²) in [5, 5.41) is 3.14. The molecule has 1 aliphatic rings. The molecule has 10 heteroatoms. The molecule has 0 saturated heterocycles. The van der Waals surface area contributed by atoms with Crippen LogP contribution in [0.3, 0.4) is 0 Å². The fourth-order valence-electron chi connectivity index (χ4n) is 5.49. The van der Waals surface area contributed by atoms with Gasteiger partial charge < -0.3 is 19.7 Å². The van der Waals surface area contributed by atoms with Crippen LogP contribution in [-0.4, -0.2) is 64.5 Å². The molecular formula is C33H41N3O6S. The third kappa shape index (κ3) is 7.87. The smallest absolute Gasteiger partial charge is 0.264 e. The maximum Gasteiger partial charge on any atom is 0.264 e. The summed E-state index contributed by atoms with van der Waals surface area (Å²) in [5.74, 6) is 0.0656. The Hall–Kier alpha value is -4.05. The van der Waals surface area contributed by atoms with E-state index < -0.39 is 28.5 Å². The minimum absolute atomic E-state index is 0.0411.